The van der Waals surface area contributed by atoms with Gasteiger partial charge in [0.05, 0.1) is 4.92 Å². The fourth-order valence-corrected chi connectivity index (χ4v) is 2.44. The Morgan fingerprint density at radius 2 is 1.31 bits per heavy atom. The average Bonchev–Trinajstić information content (AvgIpc) is 2.70. The van der Waals surface area contributed by atoms with Gasteiger partial charge in [0.25, 0.3) is 5.69 Å². The fourth-order valence-electron chi connectivity index (χ4n) is 2.44. The number of anilines is 1. The van der Waals surface area contributed by atoms with Gasteiger partial charge in [-0.25, -0.2) is 0 Å². The van der Waals surface area contributed by atoms with E-state index < -0.39 is 0 Å². The van der Waals surface area contributed by atoms with Crippen LogP contribution in [0.25, 0.3) is 11.1 Å². The first-order valence-corrected chi connectivity index (χ1v) is 8.80. The summed E-state index contributed by atoms with van der Waals surface area (Å²) in [5.74, 6) is 0. The highest BCUT2D eigenvalue weighted by molar-refractivity contribution is 5.62. The molecule has 0 bridgehead atoms. The normalized spacial score (nSPS) is 9.73. The average molecular weight is 348 g/mol. The van der Waals surface area contributed by atoms with Crippen LogP contribution in [0.4, 0.5) is 11.4 Å². The first kappa shape index (κ1) is 19.2. The van der Waals surface area contributed by atoms with Gasteiger partial charge >= 0.3 is 0 Å². The van der Waals surface area contributed by atoms with Crippen LogP contribution in [0.5, 0.6) is 0 Å². The van der Waals surface area contributed by atoms with Gasteiger partial charge < -0.3 is 5.32 Å². The van der Waals surface area contributed by atoms with E-state index in [0.717, 1.165) is 19.4 Å². The molecular formula is C22H24N2O2. The molecule has 0 amide bonds. The van der Waals surface area contributed by atoms with Gasteiger partial charge in [-0.05, 0) is 23.6 Å². The van der Waals surface area contributed by atoms with Crippen LogP contribution >= 0.6 is 0 Å². The van der Waals surface area contributed by atoms with E-state index in [1.807, 2.05) is 12.1 Å². The van der Waals surface area contributed by atoms with Crippen LogP contribution in [0.3, 0.4) is 0 Å². The van der Waals surface area contributed by atoms with Gasteiger partial charge in [-0.2, -0.15) is 0 Å². The number of nitro benzene ring substituents is 1. The van der Waals surface area contributed by atoms with Crippen LogP contribution in [0, 0.1) is 10.1 Å². The highest BCUT2D eigenvalue weighted by atomic mass is 16.6. The van der Waals surface area contributed by atoms with Gasteiger partial charge in [0.1, 0.15) is 5.69 Å². The summed E-state index contributed by atoms with van der Waals surface area (Å²) in [6.45, 7) is 2.86. The van der Waals surface area contributed by atoms with E-state index in [1.165, 1.54) is 17.2 Å². The van der Waals surface area contributed by atoms with Crippen LogP contribution in [-0.4, -0.2) is 11.5 Å². The van der Waals surface area contributed by atoms with E-state index in [9.17, 15) is 10.1 Å². The molecule has 26 heavy (non-hydrogen) atoms. The zero-order valence-corrected chi connectivity index (χ0v) is 15.0. The van der Waals surface area contributed by atoms with Crippen molar-refractivity contribution in [3.63, 3.8) is 0 Å². The molecule has 4 heteroatoms. The Hall–Kier alpha value is -3.14. The molecule has 0 aromatic heterocycles. The number of nitrogens with one attached hydrogen (secondary N) is 1. The third-order valence-corrected chi connectivity index (χ3v) is 3.83. The van der Waals surface area contributed by atoms with E-state index >= 15 is 0 Å². The van der Waals surface area contributed by atoms with Gasteiger partial charge in [0.15, 0.2) is 0 Å². The summed E-state index contributed by atoms with van der Waals surface area (Å²) >= 11 is 0. The van der Waals surface area contributed by atoms with Gasteiger partial charge in [-0.3, -0.25) is 10.1 Å². The lowest BCUT2D eigenvalue weighted by atomic mass is 10.1. The Labute approximate surface area is 154 Å². The Balaban J connectivity index is 0.000000189. The molecule has 1 N–H and O–H groups in total. The number of hydrogen-bond donors (Lipinski definition) is 1. The lowest BCUT2D eigenvalue weighted by molar-refractivity contribution is -0.384. The van der Waals surface area contributed by atoms with Crippen LogP contribution in [-0.2, 0) is 0 Å². The zero-order valence-electron chi connectivity index (χ0n) is 15.0. The molecule has 0 heterocycles. The second kappa shape index (κ2) is 10.7. The van der Waals surface area contributed by atoms with Crippen LogP contribution in [0.2, 0.25) is 0 Å². The van der Waals surface area contributed by atoms with Crippen LogP contribution in [0.15, 0.2) is 84.9 Å². The molecule has 3 aromatic carbocycles. The fraction of sp³-hybridized carbons (Fsp3) is 0.182. The highest BCUT2D eigenvalue weighted by Crippen LogP contribution is 2.22. The number of nitrogens with zero attached hydrogens (tertiary/aromatic N) is 1. The number of benzene rings is 3. The maximum atomic E-state index is 10.6. The SMILES string of the molecule is CCCCNc1ccccc1[N+](=O)[O-].c1ccc(-c2ccccc2)cc1. The second-order valence-electron chi connectivity index (χ2n) is 5.79. The maximum Gasteiger partial charge on any atom is 0.292 e. The van der Waals surface area contributed by atoms with Gasteiger partial charge in [-0.15, -0.1) is 0 Å². The molecule has 3 rings (SSSR count). The first-order chi connectivity index (χ1) is 12.7. The van der Waals surface area contributed by atoms with Crippen molar-refractivity contribution in [3.05, 3.63) is 95.0 Å². The molecule has 0 aliphatic heterocycles. The van der Waals surface area contributed by atoms with Crippen molar-refractivity contribution in [3.8, 4) is 11.1 Å². The van der Waals surface area contributed by atoms with Crippen molar-refractivity contribution < 1.29 is 4.92 Å². The number of unbranched alkanes of at least 4 members (excludes halogenated alkanes) is 1. The molecule has 0 unspecified atom stereocenters. The van der Waals surface area contributed by atoms with E-state index in [-0.39, 0.29) is 10.6 Å². The number of rotatable bonds is 6. The monoisotopic (exact) mass is 348 g/mol. The van der Waals surface area contributed by atoms with Crippen molar-refractivity contribution in [2.75, 3.05) is 11.9 Å². The molecule has 0 saturated carbocycles. The zero-order chi connectivity index (χ0) is 18.6. The lowest BCUT2D eigenvalue weighted by Crippen LogP contribution is -2.03. The van der Waals surface area contributed by atoms with Crippen LogP contribution < -0.4 is 5.32 Å². The minimum absolute atomic E-state index is 0.142. The second-order valence-corrected chi connectivity index (χ2v) is 5.79. The Kier molecular flexibility index (Phi) is 7.87. The van der Waals surface area contributed by atoms with Crippen LogP contribution in [0.1, 0.15) is 19.8 Å². The molecule has 0 saturated heterocycles. The summed E-state index contributed by atoms with van der Waals surface area (Å²) in [5, 5.41) is 13.7. The molecule has 4 nitrogen and oxygen atoms in total. The van der Waals surface area contributed by atoms with Crippen molar-refractivity contribution in [1.29, 1.82) is 0 Å². The summed E-state index contributed by atoms with van der Waals surface area (Å²) in [7, 11) is 0. The third kappa shape index (κ3) is 6.06. The Bertz CT molecular complexity index is 752. The highest BCUT2D eigenvalue weighted by Gasteiger charge is 2.10. The minimum atomic E-state index is -0.367. The molecular weight excluding hydrogens is 324 g/mol. The summed E-state index contributed by atoms with van der Waals surface area (Å²) < 4.78 is 0. The third-order valence-electron chi connectivity index (χ3n) is 3.83. The van der Waals surface area contributed by atoms with Crippen molar-refractivity contribution in [2.45, 2.75) is 19.8 Å². The largest absolute Gasteiger partial charge is 0.379 e. The molecule has 0 fully saturated rings. The molecule has 134 valence electrons. The number of para-hydroxylation sites is 2. The molecule has 0 aliphatic carbocycles. The molecule has 3 aromatic rings. The topological polar surface area (TPSA) is 55.2 Å². The summed E-state index contributed by atoms with van der Waals surface area (Å²) in [4.78, 5) is 10.3. The summed E-state index contributed by atoms with van der Waals surface area (Å²) in [6, 6.07) is 27.5. The van der Waals surface area contributed by atoms with E-state index in [1.54, 1.807) is 18.2 Å². The predicted octanol–water partition coefficient (Wildman–Crippen LogP) is 6.16. The minimum Gasteiger partial charge on any atom is -0.379 e. The summed E-state index contributed by atoms with van der Waals surface area (Å²) in [5.41, 5.74) is 3.30. The van der Waals surface area contributed by atoms with E-state index in [0.29, 0.717) is 5.69 Å². The lowest BCUT2D eigenvalue weighted by Gasteiger charge is -2.05. The standard InChI is InChI=1S/C12H10.C10H14N2O2/c1-3-7-11(8-4-1)12-9-5-2-6-10-12;1-2-3-8-11-9-6-4-5-7-10(9)12(13)14/h1-10H;4-7,11H,2-3,8H2,1H3. The predicted molar refractivity (Wildman–Crippen MR) is 108 cm³/mol. The Morgan fingerprint density at radius 3 is 1.81 bits per heavy atom. The van der Waals surface area contributed by atoms with Crippen molar-refractivity contribution in [2.24, 2.45) is 0 Å². The summed E-state index contributed by atoms with van der Waals surface area (Å²) in [6.07, 6.45) is 2.10. The van der Waals surface area contributed by atoms with Gasteiger partial charge in [0.2, 0.25) is 0 Å². The van der Waals surface area contributed by atoms with E-state index in [4.69, 9.17) is 0 Å². The van der Waals surface area contributed by atoms with E-state index in [2.05, 4.69) is 60.8 Å². The molecule has 0 spiro atoms. The van der Waals surface area contributed by atoms with Gasteiger partial charge in [-0.1, -0.05) is 86.1 Å². The van der Waals surface area contributed by atoms with Gasteiger partial charge in [0, 0.05) is 12.6 Å². The molecule has 0 atom stereocenters. The first-order valence-electron chi connectivity index (χ1n) is 8.80. The molecule has 0 aliphatic rings. The van der Waals surface area contributed by atoms with Crippen molar-refractivity contribution >= 4 is 11.4 Å². The number of hydrogen-bond acceptors (Lipinski definition) is 3. The van der Waals surface area contributed by atoms with Crippen molar-refractivity contribution in [1.82, 2.24) is 0 Å². The maximum absolute atomic E-state index is 10.6. The quantitative estimate of drug-likeness (QED) is 0.330. The molecule has 0 radical (unpaired) electrons. The Morgan fingerprint density at radius 1 is 0.808 bits per heavy atom. The number of nitro groups is 1. The smallest absolute Gasteiger partial charge is 0.292 e.